The van der Waals surface area contributed by atoms with Crippen LogP contribution in [0.1, 0.15) is 17.5 Å². The van der Waals surface area contributed by atoms with Gasteiger partial charge in [0.25, 0.3) is 0 Å². The molecule has 1 heterocycles. The van der Waals surface area contributed by atoms with Gasteiger partial charge in [0.05, 0.1) is 24.2 Å². The van der Waals surface area contributed by atoms with E-state index in [0.29, 0.717) is 5.69 Å². The lowest BCUT2D eigenvalue weighted by molar-refractivity contribution is -0.0790. The molecule has 0 aromatic carbocycles. The van der Waals surface area contributed by atoms with Crippen LogP contribution in [0.15, 0.2) is 12.4 Å². The molecule has 84 valence electrons. The Morgan fingerprint density at radius 2 is 1.93 bits per heavy atom. The van der Waals surface area contributed by atoms with Crippen molar-refractivity contribution in [1.82, 2.24) is 9.97 Å². The molecule has 0 aliphatic heterocycles. The Morgan fingerprint density at radius 1 is 1.27 bits per heavy atom. The van der Waals surface area contributed by atoms with Crippen molar-refractivity contribution >= 4 is 0 Å². The van der Waals surface area contributed by atoms with E-state index in [1.54, 1.807) is 6.92 Å². The lowest BCUT2D eigenvalue weighted by Crippen LogP contribution is -2.35. The number of aliphatic hydroxyl groups excluding tert-OH is 4. The third-order valence-corrected chi connectivity index (χ3v) is 1.98. The summed E-state index contributed by atoms with van der Waals surface area (Å²) in [4.78, 5) is 7.74. The topological polar surface area (TPSA) is 107 Å². The zero-order valence-corrected chi connectivity index (χ0v) is 8.28. The normalized spacial score (nSPS) is 17.1. The summed E-state index contributed by atoms with van der Waals surface area (Å²) in [5, 5.41) is 36.7. The van der Waals surface area contributed by atoms with Crippen LogP contribution in [-0.2, 0) is 0 Å². The molecule has 15 heavy (non-hydrogen) atoms. The van der Waals surface area contributed by atoms with Gasteiger partial charge in [0.1, 0.15) is 18.3 Å². The van der Waals surface area contributed by atoms with Crippen LogP contribution in [0.2, 0.25) is 0 Å². The highest BCUT2D eigenvalue weighted by molar-refractivity contribution is 5.06. The summed E-state index contributed by atoms with van der Waals surface area (Å²) in [5.41, 5.74) is 0.757. The molecule has 6 heteroatoms. The van der Waals surface area contributed by atoms with Crippen molar-refractivity contribution in [2.24, 2.45) is 0 Å². The van der Waals surface area contributed by atoms with Crippen molar-refractivity contribution in [2.75, 3.05) is 6.61 Å². The maximum Gasteiger partial charge on any atom is 0.126 e. The average Bonchev–Trinajstić information content (AvgIpc) is 2.26. The summed E-state index contributed by atoms with van der Waals surface area (Å²) in [6.45, 7) is 1.07. The van der Waals surface area contributed by atoms with E-state index in [1.165, 1.54) is 12.4 Å². The zero-order valence-electron chi connectivity index (χ0n) is 8.28. The first-order chi connectivity index (χ1) is 7.06. The van der Waals surface area contributed by atoms with Gasteiger partial charge in [-0.25, -0.2) is 0 Å². The predicted molar refractivity (Wildman–Crippen MR) is 50.8 cm³/mol. The summed E-state index contributed by atoms with van der Waals surface area (Å²) in [6, 6.07) is 0. The van der Waals surface area contributed by atoms with E-state index < -0.39 is 24.9 Å². The first kappa shape index (κ1) is 12.0. The molecule has 0 bridgehead atoms. The largest absolute Gasteiger partial charge is 0.394 e. The van der Waals surface area contributed by atoms with Gasteiger partial charge in [-0.1, -0.05) is 0 Å². The molecule has 4 N–H and O–H groups in total. The summed E-state index contributed by atoms with van der Waals surface area (Å²) in [6.07, 6.45) is -1.44. The van der Waals surface area contributed by atoms with Crippen molar-refractivity contribution in [3.63, 3.8) is 0 Å². The molecule has 0 unspecified atom stereocenters. The number of rotatable bonds is 4. The number of aliphatic hydroxyl groups is 4. The highest BCUT2D eigenvalue weighted by Gasteiger charge is 2.26. The maximum atomic E-state index is 9.59. The molecular weight excluding hydrogens is 200 g/mol. The summed E-state index contributed by atoms with van der Waals surface area (Å²) < 4.78 is 0. The Hall–Kier alpha value is -1.08. The smallest absolute Gasteiger partial charge is 0.126 e. The first-order valence-electron chi connectivity index (χ1n) is 4.50. The van der Waals surface area contributed by atoms with Gasteiger partial charge in [0.2, 0.25) is 0 Å². The van der Waals surface area contributed by atoms with E-state index in [0.717, 1.165) is 0 Å². The minimum Gasteiger partial charge on any atom is -0.394 e. The molecule has 3 atom stereocenters. The van der Waals surface area contributed by atoms with Gasteiger partial charge in [-0.2, -0.15) is 0 Å². The number of aromatic nitrogens is 2. The predicted octanol–water partition coefficient (Wildman–Crippen LogP) is -1.47. The van der Waals surface area contributed by atoms with Crippen LogP contribution in [0.25, 0.3) is 0 Å². The zero-order chi connectivity index (χ0) is 11.4. The van der Waals surface area contributed by atoms with Gasteiger partial charge in [0, 0.05) is 6.20 Å². The molecular formula is C9H14N2O4. The maximum absolute atomic E-state index is 9.59. The molecule has 0 saturated carbocycles. The Kier molecular flexibility index (Phi) is 4.10. The van der Waals surface area contributed by atoms with E-state index in [1.807, 2.05) is 0 Å². The minimum atomic E-state index is -1.48. The van der Waals surface area contributed by atoms with E-state index in [4.69, 9.17) is 10.2 Å². The van der Waals surface area contributed by atoms with Gasteiger partial charge >= 0.3 is 0 Å². The van der Waals surface area contributed by atoms with E-state index >= 15 is 0 Å². The molecule has 1 aromatic rings. The number of aryl methyl sites for hydroxylation is 1. The molecule has 0 radical (unpaired) electrons. The fraction of sp³-hybridized carbons (Fsp3) is 0.556. The molecule has 1 rings (SSSR count). The van der Waals surface area contributed by atoms with Crippen molar-refractivity contribution in [1.29, 1.82) is 0 Å². The van der Waals surface area contributed by atoms with Gasteiger partial charge < -0.3 is 20.4 Å². The van der Waals surface area contributed by atoms with Crippen LogP contribution in [0.3, 0.4) is 0 Å². The fourth-order valence-corrected chi connectivity index (χ4v) is 1.12. The van der Waals surface area contributed by atoms with E-state index in [-0.39, 0.29) is 5.69 Å². The van der Waals surface area contributed by atoms with E-state index in [2.05, 4.69) is 9.97 Å². The average molecular weight is 214 g/mol. The summed E-state index contributed by atoms with van der Waals surface area (Å²) in [7, 11) is 0. The van der Waals surface area contributed by atoms with Gasteiger partial charge in [-0.3, -0.25) is 9.97 Å². The highest BCUT2D eigenvalue weighted by atomic mass is 16.4. The SMILES string of the molecule is Cc1cncc([C@@H](O)[C@@H](O)[C@H](O)CO)n1. The molecule has 0 aliphatic carbocycles. The molecule has 0 fully saturated rings. The van der Waals surface area contributed by atoms with Gasteiger partial charge in [-0.05, 0) is 6.92 Å². The lowest BCUT2D eigenvalue weighted by atomic mass is 10.1. The quantitative estimate of drug-likeness (QED) is 0.487. The highest BCUT2D eigenvalue weighted by Crippen LogP contribution is 2.16. The monoisotopic (exact) mass is 214 g/mol. The van der Waals surface area contributed by atoms with Crippen molar-refractivity contribution in [3.05, 3.63) is 23.8 Å². The third-order valence-electron chi connectivity index (χ3n) is 1.98. The second-order valence-corrected chi connectivity index (χ2v) is 3.27. The van der Waals surface area contributed by atoms with Crippen LogP contribution >= 0.6 is 0 Å². The second kappa shape index (κ2) is 5.13. The van der Waals surface area contributed by atoms with Crippen molar-refractivity contribution < 1.29 is 20.4 Å². The molecule has 1 aromatic heterocycles. The molecule has 6 nitrogen and oxygen atoms in total. The standard InChI is InChI=1S/C9H14N2O4/c1-5-2-10-3-6(11-5)8(14)9(15)7(13)4-12/h2-3,7-9,12-15H,4H2,1H3/t7-,8-,9+/m1/s1. The van der Waals surface area contributed by atoms with E-state index in [9.17, 15) is 10.2 Å². The van der Waals surface area contributed by atoms with Gasteiger partial charge in [-0.15, -0.1) is 0 Å². The summed E-state index contributed by atoms with van der Waals surface area (Å²) in [5.74, 6) is 0. The first-order valence-corrected chi connectivity index (χ1v) is 4.50. The van der Waals surface area contributed by atoms with Crippen LogP contribution in [0, 0.1) is 6.92 Å². The molecule has 0 amide bonds. The minimum absolute atomic E-state index is 0.162. The Labute approximate surface area is 86.9 Å². The molecule has 0 aliphatic rings. The Balaban J connectivity index is 2.80. The Bertz CT molecular complexity index is 321. The Morgan fingerprint density at radius 3 is 2.47 bits per heavy atom. The second-order valence-electron chi connectivity index (χ2n) is 3.27. The van der Waals surface area contributed by atoms with Crippen LogP contribution in [0.4, 0.5) is 0 Å². The van der Waals surface area contributed by atoms with Crippen molar-refractivity contribution in [3.8, 4) is 0 Å². The molecule has 0 saturated heterocycles. The van der Waals surface area contributed by atoms with Crippen LogP contribution < -0.4 is 0 Å². The van der Waals surface area contributed by atoms with Crippen LogP contribution in [-0.4, -0.2) is 49.2 Å². The lowest BCUT2D eigenvalue weighted by Gasteiger charge is -2.20. The number of hydrogen-bond acceptors (Lipinski definition) is 6. The van der Waals surface area contributed by atoms with Crippen molar-refractivity contribution in [2.45, 2.75) is 25.2 Å². The fourth-order valence-electron chi connectivity index (χ4n) is 1.12. The number of hydrogen-bond donors (Lipinski definition) is 4. The van der Waals surface area contributed by atoms with Crippen LogP contribution in [0.5, 0.6) is 0 Å². The number of nitrogens with zero attached hydrogens (tertiary/aromatic N) is 2. The molecule has 0 spiro atoms. The third kappa shape index (κ3) is 2.93. The van der Waals surface area contributed by atoms with Gasteiger partial charge in [0.15, 0.2) is 0 Å². The summed E-state index contributed by atoms with van der Waals surface area (Å²) >= 11 is 0.